The Hall–Kier alpha value is -0.520. The SMILES string of the molecule is C=C1C2=CCCCC2CC(C)(C)C1(C)C. The van der Waals surface area contributed by atoms with Gasteiger partial charge < -0.3 is 0 Å². The Balaban J connectivity index is 2.41. The molecule has 0 heterocycles. The fourth-order valence-corrected chi connectivity index (χ4v) is 3.17. The first-order valence-corrected chi connectivity index (χ1v) is 6.26. The number of rotatable bonds is 0. The van der Waals surface area contributed by atoms with E-state index in [2.05, 4.69) is 40.3 Å². The topological polar surface area (TPSA) is 0 Å². The summed E-state index contributed by atoms with van der Waals surface area (Å²) in [5.41, 5.74) is 3.64. The van der Waals surface area contributed by atoms with Crippen molar-refractivity contribution < 1.29 is 0 Å². The molecule has 15 heavy (non-hydrogen) atoms. The van der Waals surface area contributed by atoms with Crippen LogP contribution in [-0.4, -0.2) is 0 Å². The van der Waals surface area contributed by atoms with Crippen molar-refractivity contribution in [3.05, 3.63) is 23.8 Å². The van der Waals surface area contributed by atoms with Gasteiger partial charge in [0.1, 0.15) is 0 Å². The van der Waals surface area contributed by atoms with E-state index < -0.39 is 0 Å². The highest BCUT2D eigenvalue weighted by atomic mass is 14.5. The maximum Gasteiger partial charge on any atom is -0.00554 e. The molecule has 1 atom stereocenters. The highest BCUT2D eigenvalue weighted by molar-refractivity contribution is 5.40. The largest absolute Gasteiger partial charge is 0.0950 e. The fourth-order valence-electron chi connectivity index (χ4n) is 3.17. The second-order valence-corrected chi connectivity index (χ2v) is 6.48. The van der Waals surface area contributed by atoms with Crippen LogP contribution in [0.2, 0.25) is 0 Å². The van der Waals surface area contributed by atoms with Crippen LogP contribution >= 0.6 is 0 Å². The minimum Gasteiger partial charge on any atom is -0.0950 e. The first-order chi connectivity index (χ1) is 6.86. The van der Waals surface area contributed by atoms with Crippen molar-refractivity contribution in [2.45, 2.75) is 53.4 Å². The smallest absolute Gasteiger partial charge is 0.00554 e. The van der Waals surface area contributed by atoms with Gasteiger partial charge in [0.15, 0.2) is 0 Å². The minimum absolute atomic E-state index is 0.257. The van der Waals surface area contributed by atoms with E-state index in [0.717, 1.165) is 5.92 Å². The predicted octanol–water partition coefficient (Wildman–Crippen LogP) is 4.73. The van der Waals surface area contributed by atoms with Gasteiger partial charge in [0.25, 0.3) is 0 Å². The lowest BCUT2D eigenvalue weighted by atomic mass is 9.52. The maximum atomic E-state index is 4.38. The van der Waals surface area contributed by atoms with Gasteiger partial charge in [-0.3, -0.25) is 0 Å². The van der Waals surface area contributed by atoms with Gasteiger partial charge in [0.05, 0.1) is 0 Å². The van der Waals surface area contributed by atoms with Gasteiger partial charge in [0.2, 0.25) is 0 Å². The van der Waals surface area contributed by atoms with Crippen molar-refractivity contribution in [2.75, 3.05) is 0 Å². The second-order valence-electron chi connectivity index (χ2n) is 6.48. The van der Waals surface area contributed by atoms with Crippen LogP contribution in [-0.2, 0) is 0 Å². The first kappa shape index (κ1) is 11.0. The van der Waals surface area contributed by atoms with Crippen molar-refractivity contribution in [3.8, 4) is 0 Å². The van der Waals surface area contributed by atoms with E-state index in [1.54, 1.807) is 5.57 Å². The molecule has 0 aliphatic heterocycles. The van der Waals surface area contributed by atoms with E-state index in [-0.39, 0.29) is 5.41 Å². The molecule has 1 fully saturated rings. The minimum atomic E-state index is 0.257. The zero-order chi connectivity index (χ0) is 11.3. The van der Waals surface area contributed by atoms with Crippen LogP contribution in [0.25, 0.3) is 0 Å². The summed E-state index contributed by atoms with van der Waals surface area (Å²) in [5.74, 6) is 0.800. The zero-order valence-electron chi connectivity index (χ0n) is 10.7. The lowest BCUT2D eigenvalue weighted by molar-refractivity contribution is 0.0927. The van der Waals surface area contributed by atoms with E-state index in [0.29, 0.717) is 5.41 Å². The summed E-state index contributed by atoms with van der Waals surface area (Å²) in [4.78, 5) is 0. The molecule has 0 heteroatoms. The summed E-state index contributed by atoms with van der Waals surface area (Å²) in [6, 6.07) is 0. The van der Waals surface area contributed by atoms with Crippen LogP contribution in [0, 0.1) is 16.7 Å². The molecule has 0 spiro atoms. The molecule has 1 unspecified atom stereocenters. The normalized spacial score (nSPS) is 33.2. The summed E-state index contributed by atoms with van der Waals surface area (Å²) in [6.07, 6.45) is 7.81. The maximum absolute atomic E-state index is 4.38. The molecule has 0 nitrogen and oxygen atoms in total. The van der Waals surface area contributed by atoms with Crippen molar-refractivity contribution in [1.29, 1.82) is 0 Å². The molecule has 2 rings (SSSR count). The summed E-state index contributed by atoms with van der Waals surface area (Å²) in [7, 11) is 0. The van der Waals surface area contributed by atoms with Gasteiger partial charge in [-0.05, 0) is 53.6 Å². The van der Waals surface area contributed by atoms with Crippen molar-refractivity contribution in [1.82, 2.24) is 0 Å². The van der Waals surface area contributed by atoms with Crippen molar-refractivity contribution in [2.24, 2.45) is 16.7 Å². The Morgan fingerprint density at radius 1 is 1.27 bits per heavy atom. The van der Waals surface area contributed by atoms with Crippen LogP contribution in [0.1, 0.15) is 53.4 Å². The molecule has 0 amide bonds. The molecule has 2 aliphatic rings. The lowest BCUT2D eigenvalue weighted by Gasteiger charge is -2.52. The van der Waals surface area contributed by atoms with Crippen LogP contribution in [0.4, 0.5) is 0 Å². The highest BCUT2D eigenvalue weighted by Crippen LogP contribution is 2.57. The average molecular weight is 204 g/mol. The molecule has 2 aliphatic carbocycles. The number of allylic oxidation sites excluding steroid dienone is 3. The molecule has 0 aromatic heterocycles. The molecule has 0 aromatic carbocycles. The Bertz CT molecular complexity index is 315. The van der Waals surface area contributed by atoms with E-state index in [1.165, 1.54) is 31.3 Å². The molecule has 0 radical (unpaired) electrons. The Kier molecular flexibility index (Phi) is 2.37. The monoisotopic (exact) mass is 204 g/mol. The van der Waals surface area contributed by atoms with E-state index in [4.69, 9.17) is 0 Å². The van der Waals surface area contributed by atoms with Gasteiger partial charge in [-0.2, -0.15) is 0 Å². The Morgan fingerprint density at radius 2 is 1.93 bits per heavy atom. The number of fused-ring (bicyclic) bond motifs is 1. The quantitative estimate of drug-likeness (QED) is 0.535. The summed E-state index contributed by atoms with van der Waals surface area (Å²) >= 11 is 0. The van der Waals surface area contributed by atoms with Gasteiger partial charge in [-0.1, -0.05) is 40.3 Å². The Labute approximate surface area is 94.5 Å². The van der Waals surface area contributed by atoms with Gasteiger partial charge in [0, 0.05) is 0 Å². The molecule has 0 aromatic rings. The van der Waals surface area contributed by atoms with Gasteiger partial charge in [-0.15, -0.1) is 0 Å². The third-order valence-corrected chi connectivity index (χ3v) is 5.11. The zero-order valence-corrected chi connectivity index (χ0v) is 10.7. The van der Waals surface area contributed by atoms with Crippen LogP contribution in [0.5, 0.6) is 0 Å². The number of hydrogen-bond acceptors (Lipinski definition) is 0. The molecular weight excluding hydrogens is 180 g/mol. The molecule has 1 saturated carbocycles. The predicted molar refractivity (Wildman–Crippen MR) is 66.7 cm³/mol. The van der Waals surface area contributed by atoms with E-state index >= 15 is 0 Å². The fraction of sp³-hybridized carbons (Fsp3) is 0.733. The molecule has 0 N–H and O–H groups in total. The van der Waals surface area contributed by atoms with Crippen molar-refractivity contribution in [3.63, 3.8) is 0 Å². The van der Waals surface area contributed by atoms with Crippen LogP contribution in [0.15, 0.2) is 23.8 Å². The lowest BCUT2D eigenvalue weighted by Crippen LogP contribution is -2.42. The average Bonchev–Trinajstić information content (AvgIpc) is 2.15. The Morgan fingerprint density at radius 3 is 2.60 bits per heavy atom. The standard InChI is InChI=1S/C15H24/c1-11-13-9-7-6-8-12(13)10-14(2,3)15(11,4)5/h9,12H,1,6-8,10H2,2-5H3. The number of hydrogen-bond donors (Lipinski definition) is 0. The summed E-state index contributed by atoms with van der Waals surface area (Å²) in [5, 5.41) is 0. The van der Waals surface area contributed by atoms with E-state index in [9.17, 15) is 0 Å². The van der Waals surface area contributed by atoms with Gasteiger partial charge >= 0.3 is 0 Å². The third-order valence-electron chi connectivity index (χ3n) is 5.11. The summed E-state index contributed by atoms with van der Waals surface area (Å²) in [6.45, 7) is 13.9. The van der Waals surface area contributed by atoms with Crippen molar-refractivity contribution >= 4 is 0 Å². The van der Waals surface area contributed by atoms with Gasteiger partial charge in [-0.25, -0.2) is 0 Å². The second kappa shape index (κ2) is 3.23. The highest BCUT2D eigenvalue weighted by Gasteiger charge is 2.47. The summed E-state index contributed by atoms with van der Waals surface area (Å²) < 4.78 is 0. The molecule has 0 bridgehead atoms. The molecular formula is C15H24. The van der Waals surface area contributed by atoms with E-state index in [1.807, 2.05) is 0 Å². The first-order valence-electron chi connectivity index (χ1n) is 6.26. The molecule has 0 saturated heterocycles. The van der Waals surface area contributed by atoms with Crippen LogP contribution < -0.4 is 0 Å². The molecule has 84 valence electrons. The third kappa shape index (κ3) is 1.49. The van der Waals surface area contributed by atoms with Crippen LogP contribution in [0.3, 0.4) is 0 Å².